The van der Waals surface area contributed by atoms with Crippen molar-refractivity contribution in [1.29, 1.82) is 0 Å². The highest BCUT2D eigenvalue weighted by molar-refractivity contribution is 5.38. The smallest absolute Gasteiger partial charge is 0.119 e. The minimum Gasteiger partial charge on any atom is -0.508 e. The molecular weight excluding hydrogens is 218 g/mol. The van der Waals surface area contributed by atoms with Gasteiger partial charge in [0, 0.05) is 6.07 Å². The molecule has 0 radical (unpaired) electrons. The summed E-state index contributed by atoms with van der Waals surface area (Å²) in [5, 5.41) is 28.9. The van der Waals surface area contributed by atoms with Crippen molar-refractivity contribution in [3.63, 3.8) is 0 Å². The predicted octanol–water partition coefficient (Wildman–Crippen LogP) is 1.65. The second kappa shape index (κ2) is 4.94. The molecule has 0 bridgehead atoms. The molecule has 0 saturated heterocycles. The molecule has 1 saturated carbocycles. The Hall–Kier alpha value is -1.26. The normalized spacial score (nSPS) is 20.4. The lowest BCUT2D eigenvalue weighted by molar-refractivity contribution is 0.0844. The van der Waals surface area contributed by atoms with Crippen LogP contribution in [-0.4, -0.2) is 21.4 Å². The fourth-order valence-corrected chi connectivity index (χ4v) is 2.60. The molecule has 4 nitrogen and oxygen atoms in total. The average Bonchev–Trinajstić information content (AvgIpc) is 2.79. The number of hydrogen-bond acceptors (Lipinski definition) is 4. The van der Waals surface area contributed by atoms with E-state index in [9.17, 15) is 15.3 Å². The van der Waals surface area contributed by atoms with Gasteiger partial charge in [0.15, 0.2) is 0 Å². The molecule has 1 aliphatic rings. The van der Waals surface area contributed by atoms with Gasteiger partial charge < -0.3 is 21.1 Å². The summed E-state index contributed by atoms with van der Waals surface area (Å²) >= 11 is 0. The molecule has 1 aliphatic carbocycles. The second-order valence-electron chi connectivity index (χ2n) is 4.84. The third-order valence-electron chi connectivity index (χ3n) is 3.56. The number of phenolic OH excluding ortho intramolecular Hbond substituents is 2. The molecule has 17 heavy (non-hydrogen) atoms. The Morgan fingerprint density at radius 2 is 1.59 bits per heavy atom. The zero-order valence-corrected chi connectivity index (χ0v) is 9.71. The van der Waals surface area contributed by atoms with Crippen LogP contribution in [0.1, 0.15) is 37.3 Å². The lowest BCUT2D eigenvalue weighted by Crippen LogP contribution is -2.31. The molecule has 4 heteroatoms. The summed E-state index contributed by atoms with van der Waals surface area (Å²) in [6.07, 6.45) is 3.66. The second-order valence-corrected chi connectivity index (χ2v) is 4.84. The van der Waals surface area contributed by atoms with Crippen molar-refractivity contribution < 1.29 is 15.3 Å². The molecule has 1 aromatic rings. The van der Waals surface area contributed by atoms with Gasteiger partial charge in [-0.2, -0.15) is 0 Å². The topological polar surface area (TPSA) is 86.7 Å². The Kier molecular flexibility index (Phi) is 3.54. The number of nitrogens with two attached hydrogens (primary N) is 1. The van der Waals surface area contributed by atoms with E-state index in [0.29, 0.717) is 5.56 Å². The van der Waals surface area contributed by atoms with Gasteiger partial charge in [0.05, 0.1) is 12.1 Å². The molecule has 0 aromatic heterocycles. The van der Waals surface area contributed by atoms with Crippen molar-refractivity contribution in [2.45, 2.75) is 37.8 Å². The maximum atomic E-state index is 10.2. The minimum absolute atomic E-state index is 0.0333. The molecule has 0 heterocycles. The molecule has 1 fully saturated rings. The number of benzene rings is 1. The van der Waals surface area contributed by atoms with Crippen LogP contribution in [0.2, 0.25) is 0 Å². The number of rotatable bonds is 3. The Bertz CT molecular complexity index is 368. The van der Waals surface area contributed by atoms with E-state index in [0.717, 1.165) is 25.7 Å². The van der Waals surface area contributed by atoms with E-state index in [1.54, 1.807) is 0 Å². The van der Waals surface area contributed by atoms with Gasteiger partial charge in [-0.3, -0.25) is 0 Å². The largest absolute Gasteiger partial charge is 0.508 e. The number of aliphatic hydroxyl groups excluding tert-OH is 1. The first-order chi connectivity index (χ1) is 8.08. The summed E-state index contributed by atoms with van der Waals surface area (Å²) in [6, 6.07) is 3.67. The van der Waals surface area contributed by atoms with Gasteiger partial charge in [0.1, 0.15) is 11.5 Å². The van der Waals surface area contributed by atoms with Crippen LogP contribution in [0.15, 0.2) is 18.2 Å². The molecule has 0 spiro atoms. The maximum Gasteiger partial charge on any atom is 0.119 e. The Morgan fingerprint density at radius 1 is 1.06 bits per heavy atom. The van der Waals surface area contributed by atoms with Crippen LogP contribution < -0.4 is 5.73 Å². The first-order valence-electron chi connectivity index (χ1n) is 6.04. The average molecular weight is 237 g/mol. The maximum absolute atomic E-state index is 10.2. The van der Waals surface area contributed by atoms with Crippen molar-refractivity contribution in [2.75, 3.05) is 0 Å². The van der Waals surface area contributed by atoms with Crippen molar-refractivity contribution in [1.82, 2.24) is 0 Å². The van der Waals surface area contributed by atoms with Crippen LogP contribution in [0.25, 0.3) is 0 Å². The van der Waals surface area contributed by atoms with Crippen molar-refractivity contribution in [3.05, 3.63) is 23.8 Å². The highest BCUT2D eigenvalue weighted by atomic mass is 16.3. The fraction of sp³-hybridized carbons (Fsp3) is 0.538. The predicted molar refractivity (Wildman–Crippen MR) is 64.7 cm³/mol. The first kappa shape index (κ1) is 12.2. The lowest BCUT2D eigenvalue weighted by Gasteiger charge is -2.24. The van der Waals surface area contributed by atoms with Gasteiger partial charge in [-0.05, 0) is 36.5 Å². The van der Waals surface area contributed by atoms with Crippen LogP contribution in [0.5, 0.6) is 11.5 Å². The highest BCUT2D eigenvalue weighted by Crippen LogP contribution is 2.34. The fourth-order valence-electron chi connectivity index (χ4n) is 2.60. The third-order valence-corrected chi connectivity index (χ3v) is 3.56. The monoisotopic (exact) mass is 237 g/mol. The van der Waals surface area contributed by atoms with Gasteiger partial charge in [-0.25, -0.2) is 0 Å². The standard InChI is InChI=1S/C13H19NO3/c14-12(13(17)8-3-1-2-4-8)9-5-10(15)7-11(16)6-9/h5-8,12-13,15-17H,1-4,14H2/t12-,13+/m1/s1. The van der Waals surface area contributed by atoms with Crippen LogP contribution in [0.3, 0.4) is 0 Å². The van der Waals surface area contributed by atoms with Crippen LogP contribution >= 0.6 is 0 Å². The van der Waals surface area contributed by atoms with Crippen LogP contribution in [0, 0.1) is 5.92 Å². The number of aromatic hydroxyl groups is 2. The zero-order valence-electron chi connectivity index (χ0n) is 9.71. The van der Waals surface area contributed by atoms with Gasteiger partial charge in [-0.15, -0.1) is 0 Å². The molecule has 5 N–H and O–H groups in total. The summed E-state index contributed by atoms with van der Waals surface area (Å²) in [7, 11) is 0. The van der Waals surface area contributed by atoms with E-state index in [4.69, 9.17) is 5.73 Å². The quantitative estimate of drug-likeness (QED) is 0.643. The minimum atomic E-state index is -0.612. The van der Waals surface area contributed by atoms with Gasteiger partial charge in [0.2, 0.25) is 0 Å². The first-order valence-corrected chi connectivity index (χ1v) is 6.04. The summed E-state index contributed by atoms with van der Waals surface area (Å²) in [4.78, 5) is 0. The van der Waals surface area contributed by atoms with E-state index >= 15 is 0 Å². The lowest BCUT2D eigenvalue weighted by atomic mass is 9.91. The summed E-state index contributed by atoms with van der Waals surface area (Å²) in [6.45, 7) is 0. The molecule has 2 rings (SSSR count). The Labute approximate surface area is 101 Å². The van der Waals surface area contributed by atoms with E-state index < -0.39 is 12.1 Å². The van der Waals surface area contributed by atoms with Crippen LogP contribution in [-0.2, 0) is 0 Å². The number of aliphatic hydroxyl groups is 1. The molecule has 0 aliphatic heterocycles. The Morgan fingerprint density at radius 3 is 2.12 bits per heavy atom. The SMILES string of the molecule is N[C@H](c1cc(O)cc(O)c1)[C@@H](O)C1CCCC1. The Balaban J connectivity index is 2.14. The highest BCUT2D eigenvalue weighted by Gasteiger charge is 2.29. The van der Waals surface area contributed by atoms with Crippen molar-refractivity contribution >= 4 is 0 Å². The van der Waals surface area contributed by atoms with Gasteiger partial charge in [-0.1, -0.05) is 12.8 Å². The number of hydrogen-bond donors (Lipinski definition) is 4. The molecule has 94 valence electrons. The number of phenols is 2. The summed E-state index contributed by atoms with van der Waals surface area (Å²) < 4.78 is 0. The molecule has 1 aromatic carbocycles. The van der Waals surface area contributed by atoms with Crippen molar-refractivity contribution in [3.8, 4) is 11.5 Å². The van der Waals surface area contributed by atoms with Gasteiger partial charge >= 0.3 is 0 Å². The van der Waals surface area contributed by atoms with Crippen molar-refractivity contribution in [2.24, 2.45) is 11.7 Å². The molecule has 0 amide bonds. The third kappa shape index (κ3) is 2.70. The molecule has 2 atom stereocenters. The zero-order chi connectivity index (χ0) is 12.4. The van der Waals surface area contributed by atoms with Gasteiger partial charge in [0.25, 0.3) is 0 Å². The van der Waals surface area contributed by atoms with E-state index in [-0.39, 0.29) is 17.4 Å². The van der Waals surface area contributed by atoms with E-state index in [2.05, 4.69) is 0 Å². The molecule has 0 unspecified atom stereocenters. The molecular formula is C13H19NO3. The van der Waals surface area contributed by atoms with Crippen LogP contribution in [0.4, 0.5) is 0 Å². The van der Waals surface area contributed by atoms with E-state index in [1.165, 1.54) is 18.2 Å². The summed E-state index contributed by atoms with van der Waals surface area (Å²) in [5.74, 6) is 0.164. The summed E-state index contributed by atoms with van der Waals surface area (Å²) in [5.41, 5.74) is 6.56. The van der Waals surface area contributed by atoms with E-state index in [1.807, 2.05) is 0 Å².